The quantitative estimate of drug-likeness (QED) is 0.717. The number of halogens is 3. The van der Waals surface area contributed by atoms with Crippen LogP contribution in [0.15, 0.2) is 42.5 Å². The number of aryl methyl sites for hydroxylation is 1. The molecular weight excluding hydrogens is 402 g/mol. The highest BCUT2D eigenvalue weighted by Gasteiger charge is 2.24. The zero-order valence-electron chi connectivity index (χ0n) is 15.7. The van der Waals surface area contributed by atoms with Crippen molar-refractivity contribution in [2.75, 3.05) is 32.8 Å². The third-order valence-electron chi connectivity index (χ3n) is 4.78. The van der Waals surface area contributed by atoms with E-state index in [1.807, 2.05) is 0 Å². The molecule has 0 radical (unpaired) electrons. The van der Waals surface area contributed by atoms with Crippen molar-refractivity contribution in [3.05, 3.63) is 64.7 Å². The molecule has 2 aromatic carbocycles. The van der Waals surface area contributed by atoms with E-state index >= 15 is 0 Å². The van der Waals surface area contributed by atoms with Gasteiger partial charge in [-0.3, -0.25) is 9.59 Å². The van der Waals surface area contributed by atoms with E-state index in [9.17, 15) is 18.4 Å². The predicted octanol–water partition coefficient (Wildman–Crippen LogP) is 3.30. The molecule has 1 heterocycles. The monoisotopic (exact) mass is 422 g/mol. The number of benzene rings is 2. The maximum Gasteiger partial charge on any atom is 0.260 e. The molecule has 1 fully saturated rings. The van der Waals surface area contributed by atoms with Gasteiger partial charge in [-0.15, -0.1) is 0 Å². The van der Waals surface area contributed by atoms with Gasteiger partial charge in [0.15, 0.2) is 6.61 Å². The summed E-state index contributed by atoms with van der Waals surface area (Å²) in [5, 5.41) is 0.588. The zero-order valence-corrected chi connectivity index (χ0v) is 16.5. The first kappa shape index (κ1) is 21.0. The lowest BCUT2D eigenvalue weighted by Gasteiger charge is -2.34. The Morgan fingerprint density at radius 2 is 1.55 bits per heavy atom. The van der Waals surface area contributed by atoms with Crippen LogP contribution in [-0.4, -0.2) is 54.4 Å². The summed E-state index contributed by atoms with van der Waals surface area (Å²) in [7, 11) is 0. The van der Waals surface area contributed by atoms with Gasteiger partial charge in [0.05, 0.1) is 0 Å². The van der Waals surface area contributed by atoms with Gasteiger partial charge < -0.3 is 14.5 Å². The highest BCUT2D eigenvalue weighted by atomic mass is 35.5. The van der Waals surface area contributed by atoms with Gasteiger partial charge in [-0.25, -0.2) is 8.78 Å². The second-order valence-electron chi connectivity index (χ2n) is 6.74. The van der Waals surface area contributed by atoms with E-state index in [1.54, 1.807) is 34.1 Å². The number of carbonyl (C=O) groups is 2. The summed E-state index contributed by atoms with van der Waals surface area (Å²) in [6.45, 7) is 1.52. The second kappa shape index (κ2) is 9.69. The lowest BCUT2D eigenvalue weighted by molar-refractivity contribution is -0.140. The standard InChI is InChI=1S/C21H21ClF2N2O3/c22-16-2-5-18(6-3-16)29-14-21(28)26-11-9-25(10-12-26)20(27)8-1-15-13-17(23)4-7-19(15)24/h2-7,13H,1,8-12,14H2. The Bertz CT molecular complexity index is 869. The van der Waals surface area contributed by atoms with Crippen LogP contribution in [0.25, 0.3) is 0 Å². The number of nitrogens with zero attached hydrogens (tertiary/aromatic N) is 2. The third kappa shape index (κ3) is 5.90. The molecule has 0 atom stereocenters. The van der Waals surface area contributed by atoms with Gasteiger partial charge in [0.1, 0.15) is 17.4 Å². The van der Waals surface area contributed by atoms with Gasteiger partial charge in [-0.2, -0.15) is 0 Å². The molecule has 0 unspecified atom stereocenters. The summed E-state index contributed by atoms with van der Waals surface area (Å²) in [5.74, 6) is -0.787. The van der Waals surface area contributed by atoms with Crippen LogP contribution in [0.4, 0.5) is 8.78 Å². The number of hydrogen-bond donors (Lipinski definition) is 0. The van der Waals surface area contributed by atoms with Crippen molar-refractivity contribution >= 4 is 23.4 Å². The lowest BCUT2D eigenvalue weighted by Crippen LogP contribution is -2.51. The summed E-state index contributed by atoms with van der Waals surface area (Å²) >= 11 is 5.81. The smallest absolute Gasteiger partial charge is 0.260 e. The maximum atomic E-state index is 13.7. The van der Waals surface area contributed by atoms with Crippen molar-refractivity contribution < 1.29 is 23.1 Å². The summed E-state index contributed by atoms with van der Waals surface area (Å²) in [5.41, 5.74) is 0.187. The molecule has 0 N–H and O–H groups in total. The van der Waals surface area contributed by atoms with Crippen LogP contribution < -0.4 is 4.74 Å². The Hall–Kier alpha value is -2.67. The molecule has 5 nitrogen and oxygen atoms in total. The fraction of sp³-hybridized carbons (Fsp3) is 0.333. The van der Waals surface area contributed by atoms with Gasteiger partial charge in [0, 0.05) is 37.6 Å². The van der Waals surface area contributed by atoms with Crippen LogP contribution >= 0.6 is 11.6 Å². The Morgan fingerprint density at radius 3 is 2.21 bits per heavy atom. The van der Waals surface area contributed by atoms with Gasteiger partial charge in [-0.1, -0.05) is 11.6 Å². The van der Waals surface area contributed by atoms with Crippen molar-refractivity contribution in [2.24, 2.45) is 0 Å². The number of ether oxygens (including phenoxy) is 1. The van der Waals surface area contributed by atoms with Crippen molar-refractivity contribution in [3.8, 4) is 5.75 Å². The fourth-order valence-electron chi connectivity index (χ4n) is 3.11. The number of piperazine rings is 1. The Morgan fingerprint density at radius 1 is 0.931 bits per heavy atom. The molecule has 0 aliphatic carbocycles. The van der Waals surface area contributed by atoms with Crippen molar-refractivity contribution in [1.82, 2.24) is 9.80 Å². The third-order valence-corrected chi connectivity index (χ3v) is 5.03. The molecule has 1 aliphatic rings. The Balaban J connectivity index is 1.42. The van der Waals surface area contributed by atoms with E-state index in [0.717, 1.165) is 18.2 Å². The van der Waals surface area contributed by atoms with Gasteiger partial charge in [0.25, 0.3) is 5.91 Å². The molecular formula is C21H21ClF2N2O3. The number of amides is 2. The summed E-state index contributed by atoms with van der Waals surface area (Å²) in [6, 6.07) is 9.96. The van der Waals surface area contributed by atoms with Gasteiger partial charge >= 0.3 is 0 Å². The summed E-state index contributed by atoms with van der Waals surface area (Å²) < 4.78 is 32.3. The molecule has 1 saturated heterocycles. The molecule has 0 saturated carbocycles. The lowest BCUT2D eigenvalue weighted by atomic mass is 10.1. The number of carbonyl (C=O) groups excluding carboxylic acids is 2. The number of rotatable bonds is 6. The van der Waals surface area contributed by atoms with Crippen molar-refractivity contribution in [2.45, 2.75) is 12.8 Å². The minimum atomic E-state index is -0.526. The largest absolute Gasteiger partial charge is 0.484 e. The topological polar surface area (TPSA) is 49.9 Å². The van der Waals surface area contributed by atoms with Crippen LogP contribution in [0.2, 0.25) is 5.02 Å². The Labute approximate surface area is 172 Å². The minimum Gasteiger partial charge on any atom is -0.484 e. The maximum absolute atomic E-state index is 13.7. The van der Waals surface area contributed by atoms with Crippen LogP contribution in [0.3, 0.4) is 0 Å². The molecule has 0 bridgehead atoms. The van der Waals surface area contributed by atoms with E-state index in [1.165, 1.54) is 0 Å². The first-order valence-electron chi connectivity index (χ1n) is 9.30. The Kier molecular flexibility index (Phi) is 7.04. The van der Waals surface area contributed by atoms with E-state index < -0.39 is 11.6 Å². The van der Waals surface area contributed by atoms with Crippen LogP contribution in [-0.2, 0) is 16.0 Å². The van der Waals surface area contributed by atoms with E-state index in [2.05, 4.69) is 0 Å². The molecule has 0 aromatic heterocycles. The molecule has 154 valence electrons. The second-order valence-corrected chi connectivity index (χ2v) is 7.18. The molecule has 0 spiro atoms. The molecule has 2 amide bonds. The molecule has 29 heavy (non-hydrogen) atoms. The summed E-state index contributed by atoms with van der Waals surface area (Å²) in [6.07, 6.45) is 0.227. The molecule has 1 aliphatic heterocycles. The minimum absolute atomic E-state index is 0.0889. The van der Waals surface area contributed by atoms with E-state index in [0.29, 0.717) is 37.0 Å². The zero-order chi connectivity index (χ0) is 20.8. The van der Waals surface area contributed by atoms with Crippen LogP contribution in [0.5, 0.6) is 5.75 Å². The first-order valence-corrected chi connectivity index (χ1v) is 9.68. The normalized spacial score (nSPS) is 14.0. The SMILES string of the molecule is O=C(CCc1cc(F)ccc1F)N1CCN(C(=O)COc2ccc(Cl)cc2)CC1. The molecule has 3 rings (SSSR count). The van der Waals surface area contributed by atoms with Crippen molar-refractivity contribution in [3.63, 3.8) is 0 Å². The fourth-order valence-corrected chi connectivity index (χ4v) is 3.23. The molecule has 2 aromatic rings. The first-order chi connectivity index (χ1) is 13.9. The van der Waals surface area contributed by atoms with Gasteiger partial charge in [0.2, 0.25) is 5.91 Å². The summed E-state index contributed by atoms with van der Waals surface area (Å²) in [4.78, 5) is 27.9. The van der Waals surface area contributed by atoms with Crippen molar-refractivity contribution in [1.29, 1.82) is 0 Å². The predicted molar refractivity (Wildman–Crippen MR) is 105 cm³/mol. The number of hydrogen-bond acceptors (Lipinski definition) is 3. The molecule has 8 heteroatoms. The average molecular weight is 423 g/mol. The average Bonchev–Trinajstić information content (AvgIpc) is 2.73. The van der Waals surface area contributed by atoms with E-state index in [-0.39, 0.29) is 36.8 Å². The highest BCUT2D eigenvalue weighted by molar-refractivity contribution is 6.30. The van der Waals surface area contributed by atoms with Crippen LogP contribution in [0.1, 0.15) is 12.0 Å². The van der Waals surface area contributed by atoms with Crippen LogP contribution in [0, 0.1) is 11.6 Å². The highest BCUT2D eigenvalue weighted by Crippen LogP contribution is 2.16. The van der Waals surface area contributed by atoms with E-state index in [4.69, 9.17) is 16.3 Å². The van der Waals surface area contributed by atoms with Gasteiger partial charge in [-0.05, 0) is 54.4 Å².